The fourth-order valence-electron chi connectivity index (χ4n) is 2.99. The molecule has 3 aromatic rings. The van der Waals surface area contributed by atoms with Crippen LogP contribution < -0.4 is 16.0 Å². The minimum Gasteiger partial charge on any atom is -0.343 e. The van der Waals surface area contributed by atoms with Gasteiger partial charge in [0.05, 0.1) is 16.8 Å². The van der Waals surface area contributed by atoms with Crippen LogP contribution in [0, 0.1) is 12.7 Å². The summed E-state index contributed by atoms with van der Waals surface area (Å²) in [5.41, 5.74) is -1.45. The summed E-state index contributed by atoms with van der Waals surface area (Å²) in [6.07, 6.45) is -8.65. The Kier molecular flexibility index (Phi) is 7.51. The Balaban J connectivity index is 1.97. The molecule has 0 aliphatic carbocycles. The van der Waals surface area contributed by atoms with E-state index in [-0.39, 0.29) is 23.1 Å². The molecule has 0 atom stereocenters. The number of nitrogens with one attached hydrogen (secondary N) is 3. The van der Waals surface area contributed by atoms with E-state index in [9.17, 15) is 40.3 Å². The fraction of sp³-hybridized carbons (Fsp3) is 0.174. The van der Waals surface area contributed by atoms with Crippen molar-refractivity contribution in [1.82, 2.24) is 10.3 Å². The summed E-state index contributed by atoms with van der Waals surface area (Å²) in [5.74, 6) is -3.73. The number of carbonyl (C=O) groups excluding carboxylic acids is 2. The fourth-order valence-corrected chi connectivity index (χ4v) is 2.99. The number of hydrogen-bond donors (Lipinski definition) is 3. The van der Waals surface area contributed by atoms with Crippen LogP contribution in [0.4, 0.5) is 47.9 Å². The lowest BCUT2D eigenvalue weighted by Gasteiger charge is -2.16. The summed E-state index contributed by atoms with van der Waals surface area (Å²) < 4.78 is 90.3. The molecule has 0 aliphatic heterocycles. The van der Waals surface area contributed by atoms with E-state index in [0.29, 0.717) is 17.8 Å². The van der Waals surface area contributed by atoms with Gasteiger partial charge >= 0.3 is 12.4 Å². The molecule has 2 aromatic carbocycles. The second-order valence-electron chi connectivity index (χ2n) is 7.54. The van der Waals surface area contributed by atoms with Crippen molar-refractivity contribution in [2.24, 2.45) is 0 Å². The Morgan fingerprint density at radius 3 is 2.22 bits per heavy atom. The molecule has 3 N–H and O–H groups in total. The van der Waals surface area contributed by atoms with Gasteiger partial charge in [0.25, 0.3) is 11.8 Å². The zero-order valence-electron chi connectivity index (χ0n) is 18.3. The summed E-state index contributed by atoms with van der Waals surface area (Å²) >= 11 is 0. The molecule has 0 fully saturated rings. The van der Waals surface area contributed by atoms with Gasteiger partial charge < -0.3 is 16.0 Å². The van der Waals surface area contributed by atoms with Crippen molar-refractivity contribution >= 4 is 29.0 Å². The number of amides is 2. The van der Waals surface area contributed by atoms with Crippen LogP contribution in [0.1, 0.15) is 31.8 Å². The summed E-state index contributed by atoms with van der Waals surface area (Å²) in [7, 11) is 0. The number of alkyl halides is 6. The average Bonchev–Trinajstić information content (AvgIpc) is 2.78. The van der Waals surface area contributed by atoms with Crippen LogP contribution in [0.25, 0.3) is 0 Å². The minimum atomic E-state index is -4.92. The van der Waals surface area contributed by atoms with E-state index in [1.807, 2.05) is 0 Å². The molecule has 36 heavy (non-hydrogen) atoms. The molecule has 3 rings (SSSR count). The quantitative estimate of drug-likeness (QED) is 0.361. The number of nitrogens with zero attached hydrogens (tertiary/aromatic N) is 1. The summed E-state index contributed by atoms with van der Waals surface area (Å²) in [5, 5.41) is 6.76. The monoisotopic (exact) mass is 514 g/mol. The smallest absolute Gasteiger partial charge is 0.343 e. The van der Waals surface area contributed by atoms with Crippen molar-refractivity contribution < 1.29 is 40.3 Å². The number of benzene rings is 2. The van der Waals surface area contributed by atoms with E-state index < -0.39 is 47.7 Å². The zero-order valence-corrected chi connectivity index (χ0v) is 18.3. The largest absolute Gasteiger partial charge is 0.416 e. The first kappa shape index (κ1) is 26.4. The Morgan fingerprint density at radius 1 is 0.889 bits per heavy atom. The number of pyridine rings is 1. The molecule has 0 spiro atoms. The molecule has 0 unspecified atom stereocenters. The Morgan fingerprint density at radius 2 is 1.58 bits per heavy atom. The third kappa shape index (κ3) is 6.93. The van der Waals surface area contributed by atoms with Crippen molar-refractivity contribution in [1.29, 1.82) is 0 Å². The van der Waals surface area contributed by atoms with Crippen LogP contribution >= 0.6 is 0 Å². The van der Waals surface area contributed by atoms with Crippen LogP contribution in [-0.2, 0) is 6.18 Å². The standard InChI is InChI=1S/C23H17F7N4O2/c1-12-4-2-3-5-17(12)33-19-18(8-14(10-31-19)20(35)32-11-22(25,26)27)34-21(36)13-6-15(23(28,29)30)9-16(24)7-13/h2-10H,11H2,1H3,(H,31,33)(H,32,35)(H,34,36). The topological polar surface area (TPSA) is 83.1 Å². The van der Waals surface area contributed by atoms with Crippen LogP contribution in [0.2, 0.25) is 0 Å². The number of hydrogen-bond acceptors (Lipinski definition) is 4. The van der Waals surface area contributed by atoms with E-state index >= 15 is 0 Å². The summed E-state index contributed by atoms with van der Waals surface area (Å²) in [6, 6.07) is 9.02. The Labute approximate surface area is 199 Å². The third-order valence-corrected chi connectivity index (χ3v) is 4.73. The van der Waals surface area contributed by atoms with Crippen LogP contribution in [0.5, 0.6) is 0 Å². The molecule has 6 nitrogen and oxygen atoms in total. The molecule has 0 aliphatic rings. The molecular weight excluding hydrogens is 497 g/mol. The van der Waals surface area contributed by atoms with Gasteiger partial charge in [-0.25, -0.2) is 9.37 Å². The molecule has 0 radical (unpaired) electrons. The SMILES string of the molecule is Cc1ccccc1Nc1ncc(C(=O)NCC(F)(F)F)cc1NC(=O)c1cc(F)cc(C(F)(F)F)c1. The highest BCUT2D eigenvalue weighted by molar-refractivity contribution is 6.07. The molecule has 2 amide bonds. The van der Waals surface area contributed by atoms with Gasteiger partial charge in [-0.2, -0.15) is 26.3 Å². The van der Waals surface area contributed by atoms with E-state index in [2.05, 4.69) is 15.6 Å². The van der Waals surface area contributed by atoms with Crippen molar-refractivity contribution in [2.45, 2.75) is 19.3 Å². The maximum atomic E-state index is 13.8. The molecule has 0 bridgehead atoms. The Hall–Kier alpha value is -4.16. The number of anilines is 3. The average molecular weight is 514 g/mol. The number of rotatable bonds is 6. The zero-order chi connectivity index (χ0) is 26.7. The van der Waals surface area contributed by atoms with Crippen molar-refractivity contribution in [3.63, 3.8) is 0 Å². The number of aryl methyl sites for hydroxylation is 1. The van der Waals surface area contributed by atoms with Crippen molar-refractivity contribution in [3.8, 4) is 0 Å². The van der Waals surface area contributed by atoms with E-state index in [1.54, 1.807) is 36.5 Å². The first-order chi connectivity index (χ1) is 16.7. The lowest BCUT2D eigenvalue weighted by Crippen LogP contribution is -2.33. The maximum Gasteiger partial charge on any atom is 0.416 e. The van der Waals surface area contributed by atoms with E-state index in [4.69, 9.17) is 0 Å². The van der Waals surface area contributed by atoms with Crippen LogP contribution in [0.15, 0.2) is 54.7 Å². The molecule has 190 valence electrons. The van der Waals surface area contributed by atoms with Crippen molar-refractivity contribution in [2.75, 3.05) is 17.2 Å². The third-order valence-electron chi connectivity index (χ3n) is 4.73. The van der Waals surface area contributed by atoms with Gasteiger partial charge in [-0.05, 0) is 42.8 Å². The minimum absolute atomic E-state index is 0.0718. The van der Waals surface area contributed by atoms with Gasteiger partial charge in [-0.3, -0.25) is 9.59 Å². The normalized spacial score (nSPS) is 11.7. The van der Waals surface area contributed by atoms with Crippen LogP contribution in [-0.4, -0.2) is 29.5 Å². The summed E-state index contributed by atoms with van der Waals surface area (Å²) in [4.78, 5) is 28.8. The van der Waals surface area contributed by atoms with Crippen LogP contribution in [0.3, 0.4) is 0 Å². The van der Waals surface area contributed by atoms with Gasteiger partial charge in [0.15, 0.2) is 5.82 Å². The highest BCUT2D eigenvalue weighted by atomic mass is 19.4. The van der Waals surface area contributed by atoms with Gasteiger partial charge in [-0.1, -0.05) is 18.2 Å². The first-order valence-electron chi connectivity index (χ1n) is 10.1. The predicted octanol–water partition coefficient (Wildman–Crippen LogP) is 5.84. The van der Waals surface area contributed by atoms with Gasteiger partial charge in [-0.15, -0.1) is 0 Å². The maximum absolute atomic E-state index is 13.8. The first-order valence-corrected chi connectivity index (χ1v) is 10.1. The second-order valence-corrected chi connectivity index (χ2v) is 7.54. The lowest BCUT2D eigenvalue weighted by atomic mass is 10.1. The lowest BCUT2D eigenvalue weighted by molar-refractivity contribution is -0.137. The molecule has 0 saturated carbocycles. The number of para-hydroxylation sites is 1. The molecule has 1 aromatic heterocycles. The van der Waals surface area contributed by atoms with Gasteiger partial charge in [0, 0.05) is 17.4 Å². The van der Waals surface area contributed by atoms with Crippen molar-refractivity contribution in [3.05, 3.63) is 82.8 Å². The second kappa shape index (κ2) is 10.2. The van der Waals surface area contributed by atoms with Gasteiger partial charge in [0.1, 0.15) is 12.4 Å². The predicted molar refractivity (Wildman–Crippen MR) is 116 cm³/mol. The molecule has 13 heteroatoms. The number of aromatic nitrogens is 1. The number of carbonyl (C=O) groups is 2. The molecular formula is C23H17F7N4O2. The highest BCUT2D eigenvalue weighted by Crippen LogP contribution is 2.31. The highest BCUT2D eigenvalue weighted by Gasteiger charge is 2.32. The van der Waals surface area contributed by atoms with E-state index in [0.717, 1.165) is 17.8 Å². The van der Waals surface area contributed by atoms with Gasteiger partial charge in [0.2, 0.25) is 0 Å². The summed E-state index contributed by atoms with van der Waals surface area (Å²) in [6.45, 7) is 0.116. The Bertz CT molecular complexity index is 1290. The van der Waals surface area contributed by atoms with E-state index in [1.165, 1.54) is 0 Å². The molecule has 1 heterocycles. The number of halogens is 7. The molecule has 0 saturated heterocycles.